The van der Waals surface area contributed by atoms with Crippen LogP contribution < -0.4 is 10.6 Å². The number of benzene rings is 1. The summed E-state index contributed by atoms with van der Waals surface area (Å²) in [5.74, 6) is 0.146. The summed E-state index contributed by atoms with van der Waals surface area (Å²) in [5.41, 5.74) is 1.27. The van der Waals surface area contributed by atoms with Crippen molar-refractivity contribution < 1.29 is 4.79 Å². The third-order valence-corrected chi connectivity index (χ3v) is 4.53. The minimum Gasteiger partial charge on any atom is -0.353 e. The number of rotatable bonds is 7. The highest BCUT2D eigenvalue weighted by molar-refractivity contribution is 5.85. The van der Waals surface area contributed by atoms with E-state index in [0.717, 1.165) is 32.5 Å². The number of carbonyl (C=O) groups is 1. The van der Waals surface area contributed by atoms with Gasteiger partial charge in [-0.05, 0) is 38.0 Å². The number of amides is 1. The van der Waals surface area contributed by atoms with Crippen LogP contribution in [0.25, 0.3) is 0 Å². The molecule has 1 aromatic rings. The van der Waals surface area contributed by atoms with Crippen LogP contribution in [-0.4, -0.2) is 43.0 Å². The molecule has 1 unspecified atom stereocenters. The van der Waals surface area contributed by atoms with E-state index in [1.54, 1.807) is 0 Å². The lowest BCUT2D eigenvalue weighted by Gasteiger charge is -2.31. The largest absolute Gasteiger partial charge is 0.353 e. The van der Waals surface area contributed by atoms with E-state index in [2.05, 4.69) is 53.6 Å². The molecular weight excluding hydrogens is 345 g/mol. The lowest BCUT2D eigenvalue weighted by atomic mass is 10.0. The summed E-state index contributed by atoms with van der Waals surface area (Å²) in [7, 11) is 0. The van der Waals surface area contributed by atoms with Crippen LogP contribution in [0, 0.1) is 0 Å². The van der Waals surface area contributed by atoms with Crippen LogP contribution in [0.1, 0.15) is 44.7 Å². The molecule has 24 heavy (non-hydrogen) atoms. The predicted octanol–water partition coefficient (Wildman–Crippen LogP) is 3.17. The fourth-order valence-electron chi connectivity index (χ4n) is 3.19. The quantitative estimate of drug-likeness (QED) is 0.768. The Bertz CT molecular complexity index is 449. The van der Waals surface area contributed by atoms with Crippen LogP contribution >= 0.6 is 24.8 Å². The van der Waals surface area contributed by atoms with E-state index in [1.165, 1.54) is 12.0 Å². The Morgan fingerprint density at radius 1 is 1.21 bits per heavy atom. The van der Waals surface area contributed by atoms with Crippen molar-refractivity contribution in [2.75, 3.05) is 26.2 Å². The first kappa shape index (κ1) is 23.2. The van der Waals surface area contributed by atoms with Crippen molar-refractivity contribution in [1.82, 2.24) is 15.5 Å². The molecule has 0 saturated carbocycles. The molecule has 2 atom stereocenters. The number of nitrogens with one attached hydrogen (secondary N) is 2. The molecule has 6 heteroatoms. The number of likely N-dealkylation sites (N-methyl/N-ethyl adjacent to an activating group) is 1. The van der Waals surface area contributed by atoms with Gasteiger partial charge in [0.1, 0.15) is 0 Å². The molecule has 0 aliphatic carbocycles. The molecule has 1 aliphatic rings. The van der Waals surface area contributed by atoms with Gasteiger partial charge in [-0.2, -0.15) is 0 Å². The molecule has 0 radical (unpaired) electrons. The lowest BCUT2D eigenvalue weighted by molar-refractivity contribution is -0.123. The standard InChI is InChI=1S/C18H29N3O.2ClH/c1-3-21(4-2)17(15-10-6-5-7-11-15)14-20-18(22)16-12-8-9-13-19-16;;/h5-7,10-11,16-17,19H,3-4,8-9,12-14H2,1-2H3,(H,20,22);2*1H/t16-,17?;;/m0../s1. The maximum atomic E-state index is 12.3. The highest BCUT2D eigenvalue weighted by Gasteiger charge is 2.23. The monoisotopic (exact) mass is 375 g/mol. The number of hydrogen-bond acceptors (Lipinski definition) is 3. The van der Waals surface area contributed by atoms with Crippen molar-refractivity contribution in [1.29, 1.82) is 0 Å². The molecule has 4 nitrogen and oxygen atoms in total. The van der Waals surface area contributed by atoms with Gasteiger partial charge in [-0.15, -0.1) is 24.8 Å². The van der Waals surface area contributed by atoms with E-state index in [1.807, 2.05) is 6.07 Å². The van der Waals surface area contributed by atoms with E-state index in [4.69, 9.17) is 0 Å². The van der Waals surface area contributed by atoms with Crippen molar-refractivity contribution >= 4 is 30.7 Å². The van der Waals surface area contributed by atoms with Gasteiger partial charge in [0.2, 0.25) is 5.91 Å². The smallest absolute Gasteiger partial charge is 0.237 e. The van der Waals surface area contributed by atoms with Gasteiger partial charge < -0.3 is 10.6 Å². The van der Waals surface area contributed by atoms with Gasteiger partial charge in [0, 0.05) is 6.54 Å². The molecule has 0 spiro atoms. The van der Waals surface area contributed by atoms with Crippen molar-refractivity contribution in [2.45, 2.75) is 45.2 Å². The summed E-state index contributed by atoms with van der Waals surface area (Å²) in [4.78, 5) is 14.7. The van der Waals surface area contributed by atoms with Crippen molar-refractivity contribution in [2.24, 2.45) is 0 Å². The minimum atomic E-state index is -0.0122. The fraction of sp³-hybridized carbons (Fsp3) is 0.611. The topological polar surface area (TPSA) is 44.4 Å². The van der Waals surface area contributed by atoms with Crippen LogP contribution in [-0.2, 0) is 4.79 Å². The summed E-state index contributed by atoms with van der Waals surface area (Å²) in [6, 6.07) is 10.7. The predicted molar refractivity (Wildman–Crippen MR) is 105 cm³/mol. The molecule has 1 aromatic carbocycles. The molecule has 0 aromatic heterocycles. The van der Waals surface area contributed by atoms with Crippen molar-refractivity contribution in [3.8, 4) is 0 Å². The second kappa shape index (κ2) is 12.5. The van der Waals surface area contributed by atoms with Gasteiger partial charge in [-0.25, -0.2) is 0 Å². The Morgan fingerprint density at radius 3 is 2.42 bits per heavy atom. The number of halogens is 2. The van der Waals surface area contributed by atoms with Gasteiger partial charge in [0.05, 0.1) is 12.1 Å². The summed E-state index contributed by atoms with van der Waals surface area (Å²) in [6.07, 6.45) is 3.27. The second-order valence-corrected chi connectivity index (χ2v) is 5.90. The number of nitrogens with zero attached hydrogens (tertiary/aromatic N) is 1. The van der Waals surface area contributed by atoms with Gasteiger partial charge in [-0.3, -0.25) is 9.69 Å². The highest BCUT2D eigenvalue weighted by Crippen LogP contribution is 2.19. The number of carbonyl (C=O) groups excluding carboxylic acids is 1. The summed E-state index contributed by atoms with van der Waals surface area (Å²) < 4.78 is 0. The van der Waals surface area contributed by atoms with Crippen LogP contribution in [0.15, 0.2) is 30.3 Å². The Balaban J connectivity index is 0.00000264. The molecule has 138 valence electrons. The van der Waals surface area contributed by atoms with Crippen LogP contribution in [0.2, 0.25) is 0 Å². The summed E-state index contributed by atoms with van der Waals surface area (Å²) in [6.45, 7) is 7.92. The third-order valence-electron chi connectivity index (χ3n) is 4.53. The van der Waals surface area contributed by atoms with Crippen molar-refractivity contribution in [3.63, 3.8) is 0 Å². The van der Waals surface area contributed by atoms with E-state index < -0.39 is 0 Å². The molecule has 2 N–H and O–H groups in total. The van der Waals surface area contributed by atoms with E-state index in [0.29, 0.717) is 6.54 Å². The molecular formula is C18H31Cl2N3O. The summed E-state index contributed by atoms with van der Waals surface area (Å²) >= 11 is 0. The number of piperidine rings is 1. The third kappa shape index (κ3) is 6.60. The Hall–Kier alpha value is -0.810. The maximum absolute atomic E-state index is 12.3. The normalized spacial score (nSPS) is 18.2. The Labute approximate surface area is 158 Å². The molecule has 1 fully saturated rings. The zero-order valence-electron chi connectivity index (χ0n) is 14.7. The van der Waals surface area contributed by atoms with E-state index in [-0.39, 0.29) is 42.8 Å². The summed E-state index contributed by atoms with van der Waals surface area (Å²) in [5, 5.41) is 6.47. The first-order valence-corrected chi connectivity index (χ1v) is 8.56. The van der Waals surface area contributed by atoms with Gasteiger partial charge in [-0.1, -0.05) is 50.6 Å². The average molecular weight is 376 g/mol. The van der Waals surface area contributed by atoms with Crippen molar-refractivity contribution in [3.05, 3.63) is 35.9 Å². The lowest BCUT2D eigenvalue weighted by Crippen LogP contribution is -2.48. The molecule has 0 bridgehead atoms. The van der Waals surface area contributed by atoms with E-state index in [9.17, 15) is 4.79 Å². The van der Waals surface area contributed by atoms with Gasteiger partial charge in [0.15, 0.2) is 0 Å². The second-order valence-electron chi connectivity index (χ2n) is 5.90. The van der Waals surface area contributed by atoms with Crippen LogP contribution in [0.4, 0.5) is 0 Å². The first-order valence-electron chi connectivity index (χ1n) is 8.56. The SMILES string of the molecule is CCN(CC)C(CNC(=O)[C@@H]1CCCCN1)c1ccccc1.Cl.Cl. The molecule has 1 amide bonds. The van der Waals surface area contributed by atoms with Gasteiger partial charge in [0.25, 0.3) is 0 Å². The Kier molecular flexibility index (Phi) is 12.1. The van der Waals surface area contributed by atoms with Gasteiger partial charge >= 0.3 is 0 Å². The van der Waals surface area contributed by atoms with E-state index >= 15 is 0 Å². The first-order chi connectivity index (χ1) is 10.8. The van der Waals surface area contributed by atoms with Crippen LogP contribution in [0.3, 0.4) is 0 Å². The average Bonchev–Trinajstić information content (AvgIpc) is 2.60. The molecule has 1 saturated heterocycles. The Morgan fingerprint density at radius 2 is 1.88 bits per heavy atom. The fourth-order valence-corrected chi connectivity index (χ4v) is 3.19. The molecule has 1 aliphatic heterocycles. The zero-order valence-corrected chi connectivity index (χ0v) is 16.3. The van der Waals surface area contributed by atoms with Crippen LogP contribution in [0.5, 0.6) is 0 Å². The maximum Gasteiger partial charge on any atom is 0.237 e. The minimum absolute atomic E-state index is 0. The molecule has 1 heterocycles. The highest BCUT2D eigenvalue weighted by atomic mass is 35.5. The zero-order chi connectivity index (χ0) is 15.8. The number of hydrogen-bond donors (Lipinski definition) is 2. The molecule has 2 rings (SSSR count).